The Balaban J connectivity index is 0.00000320. The summed E-state index contributed by atoms with van der Waals surface area (Å²) in [5, 5.41) is 2.92. The van der Waals surface area contributed by atoms with Crippen molar-refractivity contribution in [3.63, 3.8) is 0 Å². The van der Waals surface area contributed by atoms with Gasteiger partial charge in [0.25, 0.3) is 0 Å². The topological polar surface area (TPSA) is 35.6 Å². The average Bonchev–Trinajstić information content (AvgIpc) is 3.23. The van der Waals surface area contributed by atoms with Crippen molar-refractivity contribution in [3.8, 4) is 0 Å². The maximum atomic E-state index is 13.7. The summed E-state index contributed by atoms with van der Waals surface area (Å²) in [4.78, 5) is 18.0. The van der Waals surface area contributed by atoms with Crippen LogP contribution in [0.3, 0.4) is 0 Å². The van der Waals surface area contributed by atoms with E-state index in [0.29, 0.717) is 56.7 Å². The summed E-state index contributed by atoms with van der Waals surface area (Å²) in [5.41, 5.74) is 2.35. The van der Waals surface area contributed by atoms with Crippen LogP contribution in [0.5, 0.6) is 0 Å². The molecule has 1 heterocycles. The lowest BCUT2D eigenvalue weighted by Gasteiger charge is -2.45. The number of carbonyl (C=O) groups is 1. The van der Waals surface area contributed by atoms with Gasteiger partial charge in [0.2, 0.25) is 5.91 Å². The Morgan fingerprint density at radius 1 is 0.757 bits per heavy atom. The van der Waals surface area contributed by atoms with Gasteiger partial charge in [0.05, 0.1) is 0 Å². The fraction of sp³-hybridized carbons (Fsp3) is 0.321. The van der Waals surface area contributed by atoms with E-state index in [4.69, 9.17) is 0 Å². The zero-order valence-electron chi connectivity index (χ0n) is 20.2. The maximum absolute atomic E-state index is 13.7. The van der Waals surface area contributed by atoms with E-state index in [1.807, 2.05) is 24.3 Å². The van der Waals surface area contributed by atoms with Gasteiger partial charge in [-0.15, -0.1) is 12.4 Å². The molecular formula is C28H28ClF4N3O. The fourth-order valence-corrected chi connectivity index (χ4v) is 5.48. The number of hydrogen-bond donors (Lipinski definition) is 1. The molecule has 1 aliphatic carbocycles. The molecule has 0 unspecified atom stereocenters. The molecule has 0 atom stereocenters. The van der Waals surface area contributed by atoms with Gasteiger partial charge >= 0.3 is 0 Å². The van der Waals surface area contributed by atoms with Crippen molar-refractivity contribution < 1.29 is 22.4 Å². The van der Waals surface area contributed by atoms with Crippen LogP contribution in [0.4, 0.5) is 17.6 Å². The third-order valence-electron chi connectivity index (χ3n) is 7.19. The third kappa shape index (κ3) is 5.98. The molecule has 1 saturated heterocycles. The van der Waals surface area contributed by atoms with E-state index in [-0.39, 0.29) is 24.9 Å². The first-order valence-electron chi connectivity index (χ1n) is 12.0. The van der Waals surface area contributed by atoms with Crippen LogP contribution in [0.1, 0.15) is 22.3 Å². The number of fused-ring (bicyclic) bond motifs is 1. The number of hydrogen-bond acceptors (Lipinski definition) is 3. The molecule has 0 bridgehead atoms. The van der Waals surface area contributed by atoms with Crippen LogP contribution in [0.15, 0.2) is 60.7 Å². The summed E-state index contributed by atoms with van der Waals surface area (Å²) in [6.45, 7) is 2.93. The van der Waals surface area contributed by atoms with Gasteiger partial charge in [-0.1, -0.05) is 24.3 Å². The fourth-order valence-electron chi connectivity index (χ4n) is 5.48. The van der Waals surface area contributed by atoms with Gasteiger partial charge < -0.3 is 5.32 Å². The molecule has 9 heteroatoms. The zero-order chi connectivity index (χ0) is 25.3. The summed E-state index contributed by atoms with van der Waals surface area (Å²) >= 11 is 0. The van der Waals surface area contributed by atoms with Crippen LogP contribution in [-0.2, 0) is 30.7 Å². The van der Waals surface area contributed by atoms with Crippen LogP contribution < -0.4 is 5.32 Å². The number of benzene rings is 3. The molecule has 1 amide bonds. The quantitative estimate of drug-likeness (QED) is 0.469. The first kappa shape index (κ1) is 27.1. The minimum Gasteiger partial charge on any atom is -0.350 e. The SMILES string of the molecule is Cl.O=C(NCc1cc(F)cc(F)c1)C1(N2CCN(Cc3cc(F)cc(F)c3)CC2)Cc2ccccc2C1. The van der Waals surface area contributed by atoms with Crippen LogP contribution in [-0.4, -0.2) is 47.4 Å². The van der Waals surface area contributed by atoms with Crippen LogP contribution in [0.2, 0.25) is 0 Å². The van der Waals surface area contributed by atoms with Crippen LogP contribution >= 0.6 is 12.4 Å². The van der Waals surface area contributed by atoms with E-state index in [2.05, 4.69) is 15.1 Å². The normalized spacial score (nSPS) is 17.2. The molecule has 0 saturated carbocycles. The molecule has 0 radical (unpaired) electrons. The molecule has 1 N–H and O–H groups in total. The van der Waals surface area contributed by atoms with E-state index in [1.54, 1.807) is 0 Å². The Morgan fingerprint density at radius 3 is 1.76 bits per heavy atom. The van der Waals surface area contributed by atoms with Crippen molar-refractivity contribution >= 4 is 18.3 Å². The van der Waals surface area contributed by atoms with Gasteiger partial charge in [-0.2, -0.15) is 0 Å². The zero-order valence-corrected chi connectivity index (χ0v) is 21.0. The Bertz CT molecular complexity index is 1210. The second-order valence-corrected chi connectivity index (χ2v) is 9.66. The standard InChI is InChI=1S/C28H27F4N3O.ClH/c29-23-9-19(10-24(30)13-23)17-33-27(36)28(15-21-3-1-2-4-22(21)16-28)35-7-5-34(6-8-35)18-20-11-25(31)14-26(32)12-20;/h1-4,9-14H,5-8,15-18H2,(H,33,36);1H. The Kier molecular flexibility index (Phi) is 8.21. The van der Waals surface area contributed by atoms with Gasteiger partial charge in [0, 0.05) is 64.2 Å². The van der Waals surface area contributed by atoms with Crippen molar-refractivity contribution in [2.24, 2.45) is 0 Å². The number of amides is 1. The second kappa shape index (κ2) is 11.2. The van der Waals surface area contributed by atoms with Gasteiger partial charge in [-0.05, 0) is 46.5 Å². The van der Waals surface area contributed by atoms with Gasteiger partial charge in [-0.25, -0.2) is 17.6 Å². The molecule has 0 aromatic heterocycles. The van der Waals surface area contributed by atoms with E-state index in [1.165, 1.54) is 24.3 Å². The number of rotatable bonds is 6. The monoisotopic (exact) mass is 533 g/mol. The summed E-state index contributed by atoms with van der Waals surface area (Å²) in [7, 11) is 0. The average molecular weight is 534 g/mol. The summed E-state index contributed by atoms with van der Waals surface area (Å²) in [5.74, 6) is -2.74. The molecular weight excluding hydrogens is 506 g/mol. The number of nitrogens with one attached hydrogen (secondary N) is 1. The smallest absolute Gasteiger partial charge is 0.241 e. The van der Waals surface area contributed by atoms with E-state index >= 15 is 0 Å². The molecule has 5 rings (SSSR count). The minimum atomic E-state index is -0.813. The summed E-state index contributed by atoms with van der Waals surface area (Å²) in [6.07, 6.45) is 1.09. The largest absolute Gasteiger partial charge is 0.350 e. The predicted octanol–water partition coefficient (Wildman–Crippen LogP) is 4.64. The minimum absolute atomic E-state index is 0. The summed E-state index contributed by atoms with van der Waals surface area (Å²) in [6, 6.07) is 14.7. The second-order valence-electron chi connectivity index (χ2n) is 9.66. The van der Waals surface area contributed by atoms with E-state index in [0.717, 1.165) is 23.3 Å². The Hall–Kier alpha value is -2.94. The van der Waals surface area contributed by atoms with E-state index < -0.39 is 28.8 Å². The summed E-state index contributed by atoms with van der Waals surface area (Å²) < 4.78 is 54.5. The van der Waals surface area contributed by atoms with Gasteiger partial charge in [0.1, 0.15) is 28.8 Å². The molecule has 4 nitrogen and oxygen atoms in total. The van der Waals surface area contributed by atoms with E-state index in [9.17, 15) is 22.4 Å². The highest BCUT2D eigenvalue weighted by atomic mass is 35.5. The van der Waals surface area contributed by atoms with Crippen molar-refractivity contribution in [2.45, 2.75) is 31.5 Å². The number of halogens is 5. The van der Waals surface area contributed by atoms with Crippen LogP contribution in [0, 0.1) is 23.3 Å². The maximum Gasteiger partial charge on any atom is 0.241 e. The van der Waals surface area contributed by atoms with Crippen LogP contribution in [0.25, 0.3) is 0 Å². The molecule has 1 aliphatic heterocycles. The molecule has 37 heavy (non-hydrogen) atoms. The highest BCUT2D eigenvalue weighted by Gasteiger charge is 2.48. The molecule has 0 spiro atoms. The number of nitrogens with zero attached hydrogens (tertiary/aromatic N) is 2. The predicted molar refractivity (Wildman–Crippen MR) is 135 cm³/mol. The van der Waals surface area contributed by atoms with Crippen molar-refractivity contribution in [2.75, 3.05) is 26.2 Å². The highest BCUT2D eigenvalue weighted by molar-refractivity contribution is 5.88. The number of piperazine rings is 1. The van der Waals surface area contributed by atoms with Gasteiger partial charge in [0.15, 0.2) is 0 Å². The molecule has 1 fully saturated rings. The first-order valence-corrected chi connectivity index (χ1v) is 12.0. The molecule has 196 valence electrons. The Labute approximate surface area is 219 Å². The van der Waals surface area contributed by atoms with Gasteiger partial charge in [-0.3, -0.25) is 14.6 Å². The van der Waals surface area contributed by atoms with Crippen molar-refractivity contribution in [1.29, 1.82) is 0 Å². The molecule has 3 aromatic carbocycles. The number of carbonyl (C=O) groups excluding carboxylic acids is 1. The molecule has 2 aliphatic rings. The molecule has 3 aromatic rings. The van der Waals surface area contributed by atoms with Crippen molar-refractivity contribution in [3.05, 3.63) is 106 Å². The lowest BCUT2D eigenvalue weighted by molar-refractivity contribution is -0.135. The lowest BCUT2D eigenvalue weighted by atomic mass is 9.90. The van der Waals surface area contributed by atoms with Crippen molar-refractivity contribution in [1.82, 2.24) is 15.1 Å². The lowest BCUT2D eigenvalue weighted by Crippen LogP contribution is -2.64. The first-order chi connectivity index (χ1) is 17.3. The third-order valence-corrected chi connectivity index (χ3v) is 7.19. The Morgan fingerprint density at radius 2 is 1.24 bits per heavy atom. The highest BCUT2D eigenvalue weighted by Crippen LogP contribution is 2.36.